The summed E-state index contributed by atoms with van der Waals surface area (Å²) in [7, 11) is 1.48. The molecular formula is C17H34N2O2. The molecule has 4 nitrogen and oxygen atoms in total. The maximum atomic E-state index is 12.2. The summed E-state index contributed by atoms with van der Waals surface area (Å²) in [5, 5.41) is 3.40. The summed E-state index contributed by atoms with van der Waals surface area (Å²) in [5.74, 6) is -0.157. The summed E-state index contributed by atoms with van der Waals surface area (Å²) in [6.45, 7) is 10.7. The Hall–Kier alpha value is -0.610. The molecule has 0 aliphatic carbocycles. The fourth-order valence-electron chi connectivity index (χ4n) is 3.50. The number of ether oxygens (including phenoxy) is 1. The third kappa shape index (κ3) is 5.95. The number of methoxy groups -OCH3 is 1. The van der Waals surface area contributed by atoms with Gasteiger partial charge in [-0.1, -0.05) is 19.3 Å². The maximum Gasteiger partial charge on any atom is 0.325 e. The first-order chi connectivity index (χ1) is 9.89. The lowest BCUT2D eigenvalue weighted by Gasteiger charge is -2.37. The van der Waals surface area contributed by atoms with Crippen molar-refractivity contribution in [1.82, 2.24) is 10.2 Å². The number of hydrogen-bond donors (Lipinski definition) is 1. The van der Waals surface area contributed by atoms with Crippen LogP contribution in [0.1, 0.15) is 66.2 Å². The van der Waals surface area contributed by atoms with Gasteiger partial charge >= 0.3 is 5.97 Å². The summed E-state index contributed by atoms with van der Waals surface area (Å²) >= 11 is 0. The monoisotopic (exact) mass is 298 g/mol. The van der Waals surface area contributed by atoms with Crippen molar-refractivity contribution in [3.05, 3.63) is 0 Å². The number of likely N-dealkylation sites (tertiary alicyclic amines) is 1. The van der Waals surface area contributed by atoms with Crippen molar-refractivity contribution in [1.29, 1.82) is 0 Å². The van der Waals surface area contributed by atoms with Crippen LogP contribution in [0.25, 0.3) is 0 Å². The highest BCUT2D eigenvalue weighted by Crippen LogP contribution is 2.21. The van der Waals surface area contributed by atoms with Gasteiger partial charge in [-0.3, -0.25) is 10.1 Å². The van der Waals surface area contributed by atoms with Gasteiger partial charge in [0.2, 0.25) is 0 Å². The van der Waals surface area contributed by atoms with E-state index < -0.39 is 5.54 Å². The average molecular weight is 298 g/mol. The van der Waals surface area contributed by atoms with E-state index in [0.717, 1.165) is 19.5 Å². The van der Waals surface area contributed by atoms with Crippen molar-refractivity contribution in [2.75, 3.05) is 20.2 Å². The van der Waals surface area contributed by atoms with Crippen LogP contribution in [0.3, 0.4) is 0 Å². The van der Waals surface area contributed by atoms with Crippen LogP contribution >= 0.6 is 0 Å². The van der Waals surface area contributed by atoms with Crippen molar-refractivity contribution >= 4 is 5.97 Å². The average Bonchev–Trinajstić information content (AvgIpc) is 2.35. The zero-order valence-electron chi connectivity index (χ0n) is 14.6. The molecule has 1 saturated heterocycles. The fourth-order valence-corrected chi connectivity index (χ4v) is 3.50. The lowest BCUT2D eigenvalue weighted by molar-refractivity contribution is -0.149. The Morgan fingerprint density at radius 2 is 1.67 bits per heavy atom. The second-order valence-corrected chi connectivity index (χ2v) is 6.98. The van der Waals surface area contributed by atoms with E-state index in [-0.39, 0.29) is 12.0 Å². The van der Waals surface area contributed by atoms with Gasteiger partial charge in [0, 0.05) is 12.1 Å². The molecule has 21 heavy (non-hydrogen) atoms. The first-order valence-electron chi connectivity index (χ1n) is 8.49. The van der Waals surface area contributed by atoms with Crippen molar-refractivity contribution in [3.63, 3.8) is 0 Å². The SMILES string of the molecule is COC(=O)C(C)(CC(C)N1CCCCCCC1)NC(C)C. The molecule has 0 amide bonds. The molecule has 0 aromatic carbocycles. The first kappa shape index (κ1) is 18.4. The number of rotatable bonds is 6. The van der Waals surface area contributed by atoms with Crippen molar-refractivity contribution in [2.24, 2.45) is 0 Å². The molecule has 0 aromatic heterocycles. The van der Waals surface area contributed by atoms with Crippen LogP contribution in [-0.2, 0) is 9.53 Å². The van der Waals surface area contributed by atoms with Gasteiger partial charge in [-0.05, 0) is 60.0 Å². The molecule has 2 unspecified atom stereocenters. The van der Waals surface area contributed by atoms with Crippen LogP contribution in [0, 0.1) is 0 Å². The Balaban J connectivity index is 2.69. The Morgan fingerprint density at radius 1 is 1.14 bits per heavy atom. The number of carbonyl (C=O) groups is 1. The Bertz CT molecular complexity index is 312. The minimum atomic E-state index is -0.606. The molecule has 4 heteroatoms. The van der Waals surface area contributed by atoms with E-state index in [0.29, 0.717) is 6.04 Å². The van der Waals surface area contributed by atoms with Gasteiger partial charge in [0.15, 0.2) is 0 Å². The molecule has 1 rings (SSSR count). The lowest BCUT2D eigenvalue weighted by Crippen LogP contribution is -2.56. The second kappa shape index (κ2) is 8.74. The quantitative estimate of drug-likeness (QED) is 0.766. The lowest BCUT2D eigenvalue weighted by atomic mass is 9.91. The molecule has 0 bridgehead atoms. The highest BCUT2D eigenvalue weighted by Gasteiger charge is 2.37. The van der Waals surface area contributed by atoms with Crippen molar-refractivity contribution in [3.8, 4) is 0 Å². The molecule has 124 valence electrons. The standard InChI is InChI=1S/C17H34N2O2/c1-14(2)18-17(4,16(20)21-5)13-15(3)19-11-9-7-6-8-10-12-19/h14-15,18H,6-13H2,1-5H3. The highest BCUT2D eigenvalue weighted by molar-refractivity contribution is 5.80. The first-order valence-corrected chi connectivity index (χ1v) is 8.49. The number of hydrogen-bond acceptors (Lipinski definition) is 4. The topological polar surface area (TPSA) is 41.6 Å². The summed E-state index contributed by atoms with van der Waals surface area (Å²) in [6, 6.07) is 0.645. The predicted molar refractivity (Wildman–Crippen MR) is 87.4 cm³/mol. The molecule has 1 heterocycles. The highest BCUT2D eigenvalue weighted by atomic mass is 16.5. The number of carbonyl (C=O) groups excluding carboxylic acids is 1. The number of nitrogens with one attached hydrogen (secondary N) is 1. The van der Waals surface area contributed by atoms with E-state index in [1.807, 2.05) is 6.92 Å². The summed E-state index contributed by atoms with van der Waals surface area (Å²) < 4.78 is 5.03. The fraction of sp³-hybridized carbons (Fsp3) is 0.941. The summed E-state index contributed by atoms with van der Waals surface area (Å²) in [4.78, 5) is 14.8. The number of nitrogens with zero attached hydrogens (tertiary/aromatic N) is 1. The zero-order valence-corrected chi connectivity index (χ0v) is 14.6. The Morgan fingerprint density at radius 3 is 2.14 bits per heavy atom. The van der Waals surface area contributed by atoms with Crippen LogP contribution in [0.2, 0.25) is 0 Å². The zero-order chi connectivity index (χ0) is 15.9. The van der Waals surface area contributed by atoms with E-state index >= 15 is 0 Å². The Labute approximate surface area is 130 Å². The van der Waals surface area contributed by atoms with Gasteiger partial charge in [-0.25, -0.2) is 0 Å². The van der Waals surface area contributed by atoms with Gasteiger partial charge in [0.05, 0.1) is 7.11 Å². The molecule has 0 aromatic rings. The minimum absolute atomic E-state index is 0.157. The molecule has 0 radical (unpaired) electrons. The predicted octanol–water partition coefficient (Wildman–Crippen LogP) is 2.96. The van der Waals surface area contributed by atoms with Gasteiger partial charge in [-0.15, -0.1) is 0 Å². The van der Waals surface area contributed by atoms with E-state index in [9.17, 15) is 4.79 Å². The maximum absolute atomic E-state index is 12.2. The molecule has 1 N–H and O–H groups in total. The van der Waals surface area contributed by atoms with Gasteiger partial charge in [0.25, 0.3) is 0 Å². The van der Waals surface area contributed by atoms with E-state index in [1.165, 1.54) is 39.2 Å². The van der Waals surface area contributed by atoms with Gasteiger partial charge in [-0.2, -0.15) is 0 Å². The van der Waals surface area contributed by atoms with Crippen LogP contribution in [-0.4, -0.2) is 48.7 Å². The molecule has 1 fully saturated rings. The van der Waals surface area contributed by atoms with E-state index in [4.69, 9.17) is 4.74 Å². The normalized spacial score (nSPS) is 22.2. The summed E-state index contributed by atoms with van der Waals surface area (Å²) in [5.41, 5.74) is -0.606. The van der Waals surface area contributed by atoms with Gasteiger partial charge in [0.1, 0.15) is 5.54 Å². The van der Waals surface area contributed by atoms with Crippen molar-refractivity contribution in [2.45, 2.75) is 83.8 Å². The molecule has 0 spiro atoms. The smallest absolute Gasteiger partial charge is 0.325 e. The van der Waals surface area contributed by atoms with Crippen LogP contribution in [0.5, 0.6) is 0 Å². The summed E-state index contributed by atoms with van der Waals surface area (Å²) in [6.07, 6.45) is 7.38. The third-order valence-electron chi connectivity index (χ3n) is 4.46. The third-order valence-corrected chi connectivity index (χ3v) is 4.46. The van der Waals surface area contributed by atoms with Crippen LogP contribution in [0.15, 0.2) is 0 Å². The molecule has 2 atom stereocenters. The van der Waals surface area contributed by atoms with E-state index in [1.54, 1.807) is 0 Å². The van der Waals surface area contributed by atoms with Crippen LogP contribution < -0.4 is 5.32 Å². The molecule has 0 saturated carbocycles. The molecular weight excluding hydrogens is 264 g/mol. The Kier molecular flexibility index (Phi) is 7.67. The minimum Gasteiger partial charge on any atom is -0.468 e. The molecule has 1 aliphatic heterocycles. The number of esters is 1. The second-order valence-electron chi connectivity index (χ2n) is 6.98. The van der Waals surface area contributed by atoms with Crippen molar-refractivity contribution < 1.29 is 9.53 Å². The van der Waals surface area contributed by atoms with E-state index in [2.05, 4.69) is 31.0 Å². The largest absolute Gasteiger partial charge is 0.468 e. The molecule has 1 aliphatic rings. The van der Waals surface area contributed by atoms with Gasteiger partial charge < -0.3 is 9.64 Å². The van der Waals surface area contributed by atoms with Crippen LogP contribution in [0.4, 0.5) is 0 Å².